The summed E-state index contributed by atoms with van der Waals surface area (Å²) >= 11 is 1.54. The lowest BCUT2D eigenvalue weighted by atomic mass is 10.1. The van der Waals surface area contributed by atoms with Crippen LogP contribution in [0.5, 0.6) is 17.2 Å². The van der Waals surface area contributed by atoms with E-state index in [4.69, 9.17) is 0 Å². The van der Waals surface area contributed by atoms with E-state index < -0.39 is 17.2 Å². The minimum Gasteiger partial charge on any atom is -0.504 e. The third-order valence-corrected chi connectivity index (χ3v) is 5.02. The third kappa shape index (κ3) is 3.69. The molecule has 0 bridgehead atoms. The van der Waals surface area contributed by atoms with Gasteiger partial charge >= 0.3 is 0 Å². The summed E-state index contributed by atoms with van der Waals surface area (Å²) in [5, 5.41) is 30.4. The van der Waals surface area contributed by atoms with Gasteiger partial charge in [0.1, 0.15) is 0 Å². The van der Waals surface area contributed by atoms with Crippen molar-refractivity contribution in [2.24, 2.45) is 0 Å². The Morgan fingerprint density at radius 3 is 2.16 bits per heavy atom. The van der Waals surface area contributed by atoms with Crippen molar-refractivity contribution in [3.8, 4) is 17.2 Å². The monoisotopic (exact) mass is 362 g/mol. The molecule has 2 heterocycles. The highest BCUT2D eigenvalue weighted by Crippen LogP contribution is 2.35. The predicted octanol–water partition coefficient (Wildman–Crippen LogP) is 1.39. The number of benzene rings is 1. The summed E-state index contributed by atoms with van der Waals surface area (Å²) in [6, 6.07) is 6.07. The van der Waals surface area contributed by atoms with Gasteiger partial charge in [-0.05, 0) is 23.6 Å². The van der Waals surface area contributed by atoms with E-state index in [9.17, 15) is 24.9 Å². The normalized spacial score (nSPS) is 14.6. The van der Waals surface area contributed by atoms with Crippen molar-refractivity contribution in [2.75, 3.05) is 26.2 Å². The molecule has 0 saturated carbocycles. The molecule has 1 aromatic carbocycles. The second-order valence-corrected chi connectivity index (χ2v) is 6.82. The largest absolute Gasteiger partial charge is 0.504 e. The van der Waals surface area contributed by atoms with Crippen LogP contribution in [0.4, 0.5) is 0 Å². The molecule has 2 aromatic rings. The number of phenolic OH excluding ortho intramolecular Hbond substituents is 3. The molecule has 132 valence electrons. The first-order valence-electron chi connectivity index (χ1n) is 7.80. The van der Waals surface area contributed by atoms with Crippen LogP contribution in [0.3, 0.4) is 0 Å². The van der Waals surface area contributed by atoms with Crippen molar-refractivity contribution in [2.45, 2.75) is 6.42 Å². The van der Waals surface area contributed by atoms with Crippen LogP contribution < -0.4 is 0 Å². The zero-order valence-electron chi connectivity index (χ0n) is 13.4. The van der Waals surface area contributed by atoms with E-state index >= 15 is 0 Å². The van der Waals surface area contributed by atoms with Crippen molar-refractivity contribution in [1.29, 1.82) is 0 Å². The first-order chi connectivity index (χ1) is 12.0. The summed E-state index contributed by atoms with van der Waals surface area (Å²) in [5.74, 6) is -2.08. The van der Waals surface area contributed by atoms with Gasteiger partial charge in [0.2, 0.25) is 5.91 Å². The van der Waals surface area contributed by atoms with Crippen molar-refractivity contribution in [3.63, 3.8) is 0 Å². The quantitative estimate of drug-likeness (QED) is 0.717. The minimum atomic E-state index is -0.652. The molecule has 1 aliphatic heterocycles. The Morgan fingerprint density at radius 1 is 1.00 bits per heavy atom. The number of hydrogen-bond donors (Lipinski definition) is 3. The van der Waals surface area contributed by atoms with Crippen LogP contribution in [0.25, 0.3) is 0 Å². The molecule has 0 radical (unpaired) electrons. The Kier molecular flexibility index (Phi) is 4.80. The number of carbonyl (C=O) groups excluding carboxylic acids is 2. The van der Waals surface area contributed by atoms with Crippen molar-refractivity contribution in [1.82, 2.24) is 9.80 Å². The van der Waals surface area contributed by atoms with Crippen LogP contribution in [-0.2, 0) is 11.2 Å². The van der Waals surface area contributed by atoms with Crippen LogP contribution in [0.2, 0.25) is 0 Å². The van der Waals surface area contributed by atoms with E-state index in [1.54, 1.807) is 21.1 Å². The molecular formula is C17H18N2O5S. The van der Waals surface area contributed by atoms with Gasteiger partial charge in [0, 0.05) is 36.6 Å². The molecule has 3 N–H and O–H groups in total. The van der Waals surface area contributed by atoms with Gasteiger partial charge in [0.05, 0.1) is 6.42 Å². The SMILES string of the molecule is O=C(Cc1cccs1)N1CCN(C(=O)c2cc(O)c(O)c(O)c2)CC1. The molecule has 1 saturated heterocycles. The number of amides is 2. The van der Waals surface area contributed by atoms with Gasteiger partial charge in [-0.25, -0.2) is 0 Å². The molecule has 3 rings (SSSR count). The van der Waals surface area contributed by atoms with Gasteiger partial charge in [-0.15, -0.1) is 11.3 Å². The summed E-state index contributed by atoms with van der Waals surface area (Å²) in [5.41, 5.74) is 0.0890. The van der Waals surface area contributed by atoms with Crippen molar-refractivity contribution >= 4 is 23.2 Å². The molecule has 1 aromatic heterocycles. The van der Waals surface area contributed by atoms with Crippen LogP contribution in [0.1, 0.15) is 15.2 Å². The second-order valence-electron chi connectivity index (χ2n) is 5.79. The van der Waals surface area contributed by atoms with E-state index in [1.165, 1.54) is 0 Å². The molecule has 0 aliphatic carbocycles. The Bertz CT molecular complexity index is 759. The average Bonchev–Trinajstić information content (AvgIpc) is 3.11. The molecular weight excluding hydrogens is 344 g/mol. The maximum atomic E-state index is 12.5. The fraction of sp³-hybridized carbons (Fsp3) is 0.294. The molecule has 0 atom stereocenters. The van der Waals surface area contributed by atoms with E-state index in [1.807, 2.05) is 17.5 Å². The Hall–Kier alpha value is -2.74. The standard InChI is InChI=1S/C17H18N2O5S/c20-13-8-11(9-14(21)16(13)23)17(24)19-5-3-18(4-6-19)15(22)10-12-2-1-7-25-12/h1-2,7-9,20-21,23H,3-6,10H2. The Morgan fingerprint density at radius 2 is 1.60 bits per heavy atom. The lowest BCUT2D eigenvalue weighted by Crippen LogP contribution is -2.50. The number of nitrogens with zero attached hydrogens (tertiary/aromatic N) is 2. The Labute approximate surface area is 148 Å². The zero-order chi connectivity index (χ0) is 18.0. The first kappa shape index (κ1) is 17.1. The smallest absolute Gasteiger partial charge is 0.254 e. The van der Waals surface area contributed by atoms with Gasteiger partial charge in [-0.2, -0.15) is 0 Å². The second kappa shape index (κ2) is 7.02. The number of carbonyl (C=O) groups is 2. The van der Waals surface area contributed by atoms with Gasteiger partial charge in [0.25, 0.3) is 5.91 Å². The molecule has 25 heavy (non-hydrogen) atoms. The van der Waals surface area contributed by atoms with E-state index in [0.717, 1.165) is 17.0 Å². The molecule has 8 heteroatoms. The van der Waals surface area contributed by atoms with Gasteiger partial charge in [-0.3, -0.25) is 9.59 Å². The van der Waals surface area contributed by atoms with Crippen LogP contribution >= 0.6 is 11.3 Å². The number of phenols is 3. The maximum Gasteiger partial charge on any atom is 0.254 e. The van der Waals surface area contributed by atoms with E-state index in [0.29, 0.717) is 32.6 Å². The van der Waals surface area contributed by atoms with Crippen molar-refractivity contribution in [3.05, 3.63) is 40.1 Å². The lowest BCUT2D eigenvalue weighted by molar-refractivity contribution is -0.131. The number of thiophene rings is 1. The fourth-order valence-corrected chi connectivity index (χ4v) is 3.44. The summed E-state index contributed by atoms with van der Waals surface area (Å²) in [4.78, 5) is 29.0. The highest BCUT2D eigenvalue weighted by atomic mass is 32.1. The Balaban J connectivity index is 1.60. The number of aromatic hydroxyl groups is 3. The molecule has 0 spiro atoms. The van der Waals surface area contributed by atoms with E-state index in [2.05, 4.69) is 0 Å². The summed E-state index contributed by atoms with van der Waals surface area (Å²) < 4.78 is 0. The molecule has 0 unspecified atom stereocenters. The molecule has 7 nitrogen and oxygen atoms in total. The third-order valence-electron chi connectivity index (χ3n) is 4.14. The minimum absolute atomic E-state index is 0.0365. The van der Waals surface area contributed by atoms with Crippen LogP contribution in [0, 0.1) is 0 Å². The zero-order valence-corrected chi connectivity index (χ0v) is 14.2. The van der Waals surface area contributed by atoms with Crippen LogP contribution in [0.15, 0.2) is 29.6 Å². The summed E-state index contributed by atoms with van der Waals surface area (Å²) in [6.45, 7) is 1.62. The highest BCUT2D eigenvalue weighted by molar-refractivity contribution is 7.10. The molecule has 1 aliphatic rings. The van der Waals surface area contributed by atoms with Crippen molar-refractivity contribution < 1.29 is 24.9 Å². The fourth-order valence-electron chi connectivity index (χ4n) is 2.74. The topological polar surface area (TPSA) is 101 Å². The summed E-state index contributed by atoms with van der Waals surface area (Å²) in [7, 11) is 0. The number of hydrogen-bond acceptors (Lipinski definition) is 6. The number of rotatable bonds is 3. The van der Waals surface area contributed by atoms with E-state index in [-0.39, 0.29) is 17.4 Å². The van der Waals surface area contributed by atoms with Gasteiger partial charge in [0.15, 0.2) is 17.2 Å². The average molecular weight is 362 g/mol. The highest BCUT2D eigenvalue weighted by Gasteiger charge is 2.26. The first-order valence-corrected chi connectivity index (χ1v) is 8.68. The molecule has 1 fully saturated rings. The van der Waals surface area contributed by atoms with Gasteiger partial charge in [-0.1, -0.05) is 6.07 Å². The summed E-state index contributed by atoms with van der Waals surface area (Å²) in [6.07, 6.45) is 0.366. The number of piperazine rings is 1. The molecule has 2 amide bonds. The lowest BCUT2D eigenvalue weighted by Gasteiger charge is -2.34. The maximum absolute atomic E-state index is 12.5. The predicted molar refractivity (Wildman–Crippen MR) is 91.9 cm³/mol. The van der Waals surface area contributed by atoms with Crippen LogP contribution in [-0.4, -0.2) is 63.1 Å². The van der Waals surface area contributed by atoms with Gasteiger partial charge < -0.3 is 25.1 Å².